The van der Waals surface area contributed by atoms with E-state index < -0.39 is 10.0 Å². The predicted octanol–water partition coefficient (Wildman–Crippen LogP) is 3.21. The van der Waals surface area contributed by atoms with Crippen LogP contribution in [-0.4, -0.2) is 25.5 Å². The van der Waals surface area contributed by atoms with Crippen molar-refractivity contribution in [1.82, 2.24) is 10.0 Å². The maximum atomic E-state index is 12.1. The van der Waals surface area contributed by atoms with Crippen LogP contribution in [0.5, 0.6) is 0 Å². The largest absolute Gasteiger partial charge is 0.332 e. The number of amides is 1. The van der Waals surface area contributed by atoms with Gasteiger partial charge in [-0.1, -0.05) is 29.8 Å². The second-order valence-corrected chi connectivity index (χ2v) is 8.61. The van der Waals surface area contributed by atoms with Gasteiger partial charge in [0.1, 0.15) is 0 Å². The number of anilines is 1. The molecule has 0 aliphatic carbocycles. The van der Waals surface area contributed by atoms with Gasteiger partial charge in [-0.3, -0.25) is 10.1 Å². The third-order valence-corrected chi connectivity index (χ3v) is 5.43. The molecule has 1 amide bonds. The van der Waals surface area contributed by atoms with E-state index in [9.17, 15) is 13.2 Å². The molecular formula is C20H23N3O3S2. The lowest BCUT2D eigenvalue weighted by Crippen LogP contribution is -2.33. The molecule has 0 spiro atoms. The second-order valence-electron chi connectivity index (χ2n) is 6.49. The first-order valence-corrected chi connectivity index (χ1v) is 10.5. The monoisotopic (exact) mass is 417 g/mol. The fourth-order valence-corrected chi connectivity index (χ4v) is 3.73. The summed E-state index contributed by atoms with van der Waals surface area (Å²) in [6, 6.07) is 13.7. The Hall–Kier alpha value is -2.55. The van der Waals surface area contributed by atoms with Crippen LogP contribution in [-0.2, 0) is 14.8 Å². The minimum absolute atomic E-state index is 0.120. The van der Waals surface area contributed by atoms with Gasteiger partial charge in [0.15, 0.2) is 5.11 Å². The van der Waals surface area contributed by atoms with Crippen molar-refractivity contribution in [2.75, 3.05) is 5.32 Å². The Labute approximate surface area is 171 Å². The summed E-state index contributed by atoms with van der Waals surface area (Å²) in [5, 5.41) is 5.51. The average molecular weight is 418 g/mol. The van der Waals surface area contributed by atoms with Crippen molar-refractivity contribution in [2.24, 2.45) is 0 Å². The van der Waals surface area contributed by atoms with E-state index in [-0.39, 0.29) is 22.0 Å². The van der Waals surface area contributed by atoms with Crippen LogP contribution in [0.25, 0.3) is 6.08 Å². The van der Waals surface area contributed by atoms with Crippen molar-refractivity contribution in [1.29, 1.82) is 0 Å². The van der Waals surface area contributed by atoms with Crippen LogP contribution in [0.15, 0.2) is 59.5 Å². The molecule has 6 nitrogen and oxygen atoms in total. The Balaban J connectivity index is 1.92. The van der Waals surface area contributed by atoms with E-state index in [1.54, 1.807) is 32.1 Å². The number of benzene rings is 2. The Morgan fingerprint density at radius 1 is 1.04 bits per heavy atom. The molecule has 0 aliphatic rings. The third-order valence-electron chi connectivity index (χ3n) is 3.55. The average Bonchev–Trinajstić information content (AvgIpc) is 2.60. The number of carbonyl (C=O) groups is 1. The highest BCUT2D eigenvalue weighted by molar-refractivity contribution is 7.89. The lowest BCUT2D eigenvalue weighted by Gasteiger charge is -2.11. The van der Waals surface area contributed by atoms with Gasteiger partial charge in [0.25, 0.3) is 0 Å². The van der Waals surface area contributed by atoms with Gasteiger partial charge in [0.2, 0.25) is 15.9 Å². The van der Waals surface area contributed by atoms with E-state index in [1.165, 1.54) is 18.2 Å². The molecule has 0 fully saturated rings. The van der Waals surface area contributed by atoms with Crippen molar-refractivity contribution in [3.8, 4) is 0 Å². The molecule has 0 atom stereocenters. The molecular weight excluding hydrogens is 394 g/mol. The lowest BCUT2D eigenvalue weighted by molar-refractivity contribution is -0.115. The van der Waals surface area contributed by atoms with E-state index >= 15 is 0 Å². The van der Waals surface area contributed by atoms with Crippen LogP contribution in [0.2, 0.25) is 0 Å². The van der Waals surface area contributed by atoms with Crippen molar-refractivity contribution in [2.45, 2.75) is 31.7 Å². The number of rotatable bonds is 6. The lowest BCUT2D eigenvalue weighted by atomic mass is 10.1. The van der Waals surface area contributed by atoms with Crippen LogP contribution < -0.4 is 15.4 Å². The summed E-state index contributed by atoms with van der Waals surface area (Å²) in [7, 11) is -3.55. The number of nitrogens with one attached hydrogen (secondary N) is 3. The quantitative estimate of drug-likeness (QED) is 0.496. The molecule has 0 saturated heterocycles. The minimum atomic E-state index is -3.55. The zero-order valence-electron chi connectivity index (χ0n) is 15.9. The number of thiocarbonyl (C=S) groups is 1. The van der Waals surface area contributed by atoms with E-state index in [4.69, 9.17) is 12.2 Å². The molecule has 0 saturated carbocycles. The molecule has 0 unspecified atom stereocenters. The zero-order valence-corrected chi connectivity index (χ0v) is 17.5. The van der Waals surface area contributed by atoms with Crippen molar-refractivity contribution >= 4 is 45.0 Å². The summed E-state index contributed by atoms with van der Waals surface area (Å²) >= 11 is 5.12. The van der Waals surface area contributed by atoms with Gasteiger partial charge in [-0.2, -0.15) is 0 Å². The van der Waals surface area contributed by atoms with Gasteiger partial charge >= 0.3 is 0 Å². The molecule has 0 radical (unpaired) electrons. The Morgan fingerprint density at radius 2 is 1.64 bits per heavy atom. The van der Waals surface area contributed by atoms with Crippen LogP contribution >= 0.6 is 12.2 Å². The Morgan fingerprint density at radius 3 is 2.21 bits per heavy atom. The molecule has 2 aromatic carbocycles. The fourth-order valence-electron chi connectivity index (χ4n) is 2.26. The first kappa shape index (κ1) is 21.7. The van der Waals surface area contributed by atoms with E-state index in [2.05, 4.69) is 15.4 Å². The normalized spacial score (nSPS) is 11.6. The summed E-state index contributed by atoms with van der Waals surface area (Å²) in [6.45, 7) is 5.50. The van der Waals surface area contributed by atoms with Crippen LogP contribution in [0.1, 0.15) is 25.0 Å². The van der Waals surface area contributed by atoms with Gasteiger partial charge < -0.3 is 5.32 Å². The van der Waals surface area contributed by atoms with Crippen LogP contribution in [0.4, 0.5) is 5.69 Å². The van der Waals surface area contributed by atoms with Gasteiger partial charge in [-0.15, -0.1) is 0 Å². The van der Waals surface area contributed by atoms with E-state index in [1.807, 2.05) is 31.2 Å². The van der Waals surface area contributed by atoms with Crippen LogP contribution in [0.3, 0.4) is 0 Å². The van der Waals surface area contributed by atoms with Gasteiger partial charge in [0, 0.05) is 17.8 Å². The van der Waals surface area contributed by atoms with Gasteiger partial charge in [-0.25, -0.2) is 13.1 Å². The Bertz CT molecular complexity index is 965. The number of hydrogen-bond acceptors (Lipinski definition) is 4. The van der Waals surface area contributed by atoms with Gasteiger partial charge in [0.05, 0.1) is 4.90 Å². The van der Waals surface area contributed by atoms with Crippen molar-refractivity contribution < 1.29 is 13.2 Å². The molecule has 0 heterocycles. The summed E-state index contributed by atoms with van der Waals surface area (Å²) in [6.07, 6.45) is 3.09. The number of hydrogen-bond donors (Lipinski definition) is 3. The number of sulfonamides is 1. The molecule has 28 heavy (non-hydrogen) atoms. The molecule has 2 rings (SSSR count). The first-order valence-electron chi connectivity index (χ1n) is 8.65. The summed E-state index contributed by atoms with van der Waals surface area (Å²) in [5.74, 6) is -0.363. The molecule has 0 aliphatic heterocycles. The smallest absolute Gasteiger partial charge is 0.250 e. The number of carbonyl (C=O) groups excluding carboxylic acids is 1. The highest BCUT2D eigenvalue weighted by Gasteiger charge is 2.15. The Kier molecular flexibility index (Phi) is 7.45. The van der Waals surface area contributed by atoms with Crippen molar-refractivity contribution in [3.05, 3.63) is 65.7 Å². The molecule has 0 bridgehead atoms. The predicted molar refractivity (Wildman–Crippen MR) is 116 cm³/mol. The highest BCUT2D eigenvalue weighted by Crippen LogP contribution is 2.14. The highest BCUT2D eigenvalue weighted by atomic mass is 32.2. The standard InChI is InChI=1S/C20H23N3O3S2/c1-14(2)23-28(25,26)18-11-9-17(10-12-18)21-20(27)22-19(24)13-8-16-6-4-15(3)5-7-16/h4-14,23H,1-3H3,(H2,21,22,24,27). The summed E-state index contributed by atoms with van der Waals surface area (Å²) in [5.41, 5.74) is 2.62. The number of aryl methyl sites for hydroxylation is 1. The topological polar surface area (TPSA) is 87.3 Å². The van der Waals surface area contributed by atoms with E-state index in [0.29, 0.717) is 5.69 Å². The second kappa shape index (κ2) is 9.59. The molecule has 8 heteroatoms. The SMILES string of the molecule is Cc1ccc(C=CC(=O)NC(=S)Nc2ccc(S(=O)(=O)NC(C)C)cc2)cc1. The summed E-state index contributed by atoms with van der Waals surface area (Å²) < 4.78 is 26.7. The molecule has 3 N–H and O–H groups in total. The maximum Gasteiger partial charge on any atom is 0.250 e. The molecule has 148 valence electrons. The minimum Gasteiger partial charge on any atom is -0.332 e. The summed E-state index contributed by atoms with van der Waals surface area (Å²) in [4.78, 5) is 12.1. The van der Waals surface area contributed by atoms with Crippen LogP contribution in [0, 0.1) is 6.92 Å². The van der Waals surface area contributed by atoms with Crippen molar-refractivity contribution in [3.63, 3.8) is 0 Å². The van der Waals surface area contributed by atoms with Gasteiger partial charge in [-0.05, 0) is 68.9 Å². The first-order chi connectivity index (χ1) is 13.2. The third kappa shape index (κ3) is 6.88. The molecule has 2 aromatic rings. The zero-order chi connectivity index (χ0) is 20.7. The van der Waals surface area contributed by atoms with E-state index in [0.717, 1.165) is 11.1 Å². The fraction of sp³-hybridized carbons (Fsp3) is 0.200. The maximum absolute atomic E-state index is 12.1. The molecule has 0 aromatic heterocycles.